The Balaban J connectivity index is 4.56. The normalized spacial score (nSPS) is 11.5. The van der Waals surface area contributed by atoms with Crippen LogP contribution in [-0.2, 0) is 14.3 Å². The Morgan fingerprint density at radius 2 is 2.13 bits per heavy atom. The van der Waals surface area contributed by atoms with Gasteiger partial charge in [-0.25, -0.2) is 4.79 Å². The van der Waals surface area contributed by atoms with E-state index in [1.165, 1.54) is 0 Å². The highest BCUT2D eigenvalue weighted by atomic mass is 16.5. The van der Waals surface area contributed by atoms with Crippen LogP contribution in [0.1, 0.15) is 26.2 Å². The first-order chi connectivity index (χ1) is 7.04. The molecule has 0 aromatic carbocycles. The number of aliphatic carboxylic acids is 1. The maximum absolute atomic E-state index is 11.4. The number of carboxylic acids is 1. The molecule has 0 bridgehead atoms. The van der Waals surface area contributed by atoms with Crippen LogP contribution in [0.25, 0.3) is 0 Å². The van der Waals surface area contributed by atoms with Crippen LogP contribution in [0.2, 0.25) is 0 Å². The van der Waals surface area contributed by atoms with Gasteiger partial charge in [-0.05, 0) is 6.42 Å². The standard InChI is InChI=1S/C11H16O4/c1-4-6-7-9(8(3)10(12)13)11(14)15-5-2/h5,9H,2-4,6-7H2,1H3,(H,12,13). The van der Waals surface area contributed by atoms with E-state index in [1.54, 1.807) is 0 Å². The first-order valence-corrected chi connectivity index (χ1v) is 4.78. The lowest BCUT2D eigenvalue weighted by Crippen LogP contribution is -2.22. The zero-order valence-corrected chi connectivity index (χ0v) is 8.86. The van der Waals surface area contributed by atoms with Gasteiger partial charge in [-0.15, -0.1) is 0 Å². The van der Waals surface area contributed by atoms with Crippen LogP contribution < -0.4 is 0 Å². The van der Waals surface area contributed by atoms with E-state index in [-0.39, 0.29) is 5.57 Å². The number of carboxylic acid groups (broad SMARTS) is 1. The number of carbonyl (C=O) groups excluding carboxylic acids is 1. The summed E-state index contributed by atoms with van der Waals surface area (Å²) in [4.78, 5) is 22.1. The maximum Gasteiger partial charge on any atom is 0.331 e. The minimum Gasteiger partial charge on any atom is -0.478 e. The van der Waals surface area contributed by atoms with Gasteiger partial charge < -0.3 is 9.84 Å². The van der Waals surface area contributed by atoms with Crippen molar-refractivity contribution in [2.75, 3.05) is 0 Å². The number of hydrogen-bond donors (Lipinski definition) is 1. The molecule has 84 valence electrons. The largest absolute Gasteiger partial charge is 0.478 e. The van der Waals surface area contributed by atoms with Crippen molar-refractivity contribution in [1.29, 1.82) is 0 Å². The zero-order chi connectivity index (χ0) is 11.8. The second kappa shape index (κ2) is 6.81. The summed E-state index contributed by atoms with van der Waals surface area (Å²) in [5.41, 5.74) is -0.129. The summed E-state index contributed by atoms with van der Waals surface area (Å²) < 4.78 is 4.57. The van der Waals surface area contributed by atoms with Gasteiger partial charge in [-0.2, -0.15) is 0 Å². The predicted octanol–water partition coefficient (Wildman–Crippen LogP) is 2.12. The molecule has 0 radical (unpaired) electrons. The van der Waals surface area contributed by atoms with Gasteiger partial charge in [0, 0.05) is 5.57 Å². The van der Waals surface area contributed by atoms with E-state index in [0.717, 1.165) is 19.1 Å². The summed E-state index contributed by atoms with van der Waals surface area (Å²) in [6.07, 6.45) is 3.07. The number of ether oxygens (including phenoxy) is 1. The lowest BCUT2D eigenvalue weighted by molar-refractivity contribution is -0.144. The number of unbranched alkanes of at least 4 members (excludes halogenated alkanes) is 1. The average Bonchev–Trinajstić information content (AvgIpc) is 2.18. The highest BCUT2D eigenvalue weighted by Gasteiger charge is 2.26. The molecule has 4 heteroatoms. The molecule has 0 aliphatic heterocycles. The van der Waals surface area contributed by atoms with Crippen LogP contribution in [0.4, 0.5) is 0 Å². The predicted molar refractivity (Wildman–Crippen MR) is 56.1 cm³/mol. The molecule has 0 saturated carbocycles. The van der Waals surface area contributed by atoms with Crippen LogP contribution in [0.15, 0.2) is 25.0 Å². The van der Waals surface area contributed by atoms with E-state index < -0.39 is 17.9 Å². The maximum atomic E-state index is 11.4. The Morgan fingerprint density at radius 1 is 1.53 bits per heavy atom. The third-order valence-electron chi connectivity index (χ3n) is 2.03. The van der Waals surface area contributed by atoms with Crippen molar-refractivity contribution in [1.82, 2.24) is 0 Å². The molecule has 4 nitrogen and oxygen atoms in total. The molecule has 0 rings (SSSR count). The highest BCUT2D eigenvalue weighted by molar-refractivity contribution is 5.93. The molecule has 0 fully saturated rings. The van der Waals surface area contributed by atoms with Crippen molar-refractivity contribution in [3.63, 3.8) is 0 Å². The topological polar surface area (TPSA) is 63.6 Å². The molecule has 1 N–H and O–H groups in total. The van der Waals surface area contributed by atoms with Gasteiger partial charge >= 0.3 is 11.9 Å². The first kappa shape index (κ1) is 13.4. The Kier molecular flexibility index (Phi) is 6.09. The number of hydrogen-bond acceptors (Lipinski definition) is 3. The Morgan fingerprint density at radius 3 is 2.53 bits per heavy atom. The Bertz CT molecular complexity index is 268. The fraction of sp³-hybridized carbons (Fsp3) is 0.455. The number of rotatable bonds is 7. The van der Waals surface area contributed by atoms with Crippen molar-refractivity contribution in [3.8, 4) is 0 Å². The van der Waals surface area contributed by atoms with Crippen molar-refractivity contribution in [2.24, 2.45) is 5.92 Å². The summed E-state index contributed by atoms with van der Waals surface area (Å²) in [6.45, 7) is 8.58. The van der Waals surface area contributed by atoms with E-state index in [2.05, 4.69) is 17.9 Å². The van der Waals surface area contributed by atoms with E-state index in [4.69, 9.17) is 5.11 Å². The van der Waals surface area contributed by atoms with Crippen LogP contribution in [0, 0.1) is 5.92 Å². The second-order valence-electron chi connectivity index (χ2n) is 3.13. The van der Waals surface area contributed by atoms with Crippen molar-refractivity contribution < 1.29 is 19.4 Å². The van der Waals surface area contributed by atoms with Gasteiger partial charge in [-0.1, -0.05) is 32.9 Å². The highest BCUT2D eigenvalue weighted by Crippen LogP contribution is 2.19. The number of esters is 1. The molecule has 15 heavy (non-hydrogen) atoms. The quantitative estimate of drug-likeness (QED) is 0.399. The molecule has 1 atom stereocenters. The molecule has 0 aliphatic rings. The zero-order valence-electron chi connectivity index (χ0n) is 8.86. The monoisotopic (exact) mass is 212 g/mol. The minimum absolute atomic E-state index is 0.129. The van der Waals surface area contributed by atoms with E-state index in [9.17, 15) is 9.59 Å². The van der Waals surface area contributed by atoms with Crippen LogP contribution in [0.5, 0.6) is 0 Å². The summed E-state index contributed by atoms with van der Waals surface area (Å²) in [6, 6.07) is 0. The van der Waals surface area contributed by atoms with E-state index in [1.807, 2.05) is 6.92 Å². The SMILES string of the molecule is C=COC(=O)C(CCCC)C(=C)C(=O)O. The fourth-order valence-electron chi connectivity index (χ4n) is 1.16. The van der Waals surface area contributed by atoms with Gasteiger partial charge in [0.25, 0.3) is 0 Å². The summed E-state index contributed by atoms with van der Waals surface area (Å²) >= 11 is 0. The van der Waals surface area contributed by atoms with Gasteiger partial charge in [0.15, 0.2) is 0 Å². The van der Waals surface area contributed by atoms with Crippen LogP contribution in [0.3, 0.4) is 0 Å². The molecule has 0 amide bonds. The minimum atomic E-state index is -1.17. The molecule has 0 spiro atoms. The lowest BCUT2D eigenvalue weighted by atomic mass is 9.94. The summed E-state index contributed by atoms with van der Waals surface area (Å²) in [7, 11) is 0. The Labute approximate surface area is 89.2 Å². The van der Waals surface area contributed by atoms with Crippen molar-refractivity contribution >= 4 is 11.9 Å². The first-order valence-electron chi connectivity index (χ1n) is 4.78. The smallest absolute Gasteiger partial charge is 0.331 e. The van der Waals surface area contributed by atoms with Gasteiger partial charge in [0.05, 0.1) is 12.2 Å². The number of carbonyl (C=O) groups is 2. The lowest BCUT2D eigenvalue weighted by Gasteiger charge is -2.13. The van der Waals surface area contributed by atoms with E-state index >= 15 is 0 Å². The van der Waals surface area contributed by atoms with Gasteiger partial charge in [-0.3, -0.25) is 4.79 Å². The molecule has 0 aromatic rings. The van der Waals surface area contributed by atoms with Crippen molar-refractivity contribution in [2.45, 2.75) is 26.2 Å². The van der Waals surface area contributed by atoms with Crippen LogP contribution >= 0.6 is 0 Å². The third-order valence-corrected chi connectivity index (χ3v) is 2.03. The molecule has 1 unspecified atom stereocenters. The van der Waals surface area contributed by atoms with Crippen LogP contribution in [-0.4, -0.2) is 17.0 Å². The average molecular weight is 212 g/mol. The molecular weight excluding hydrogens is 196 g/mol. The van der Waals surface area contributed by atoms with E-state index in [0.29, 0.717) is 6.42 Å². The van der Waals surface area contributed by atoms with Gasteiger partial charge in [0.2, 0.25) is 0 Å². The molecule has 0 aromatic heterocycles. The van der Waals surface area contributed by atoms with Gasteiger partial charge in [0.1, 0.15) is 0 Å². The molecular formula is C11H16O4. The Hall–Kier alpha value is -1.58. The molecule has 0 aliphatic carbocycles. The second-order valence-corrected chi connectivity index (χ2v) is 3.13. The fourth-order valence-corrected chi connectivity index (χ4v) is 1.16. The molecule has 0 saturated heterocycles. The summed E-state index contributed by atoms with van der Waals surface area (Å²) in [5, 5.41) is 8.74. The third kappa shape index (κ3) is 4.44. The summed E-state index contributed by atoms with van der Waals surface area (Å²) in [5.74, 6) is -2.55. The molecule has 0 heterocycles. The van der Waals surface area contributed by atoms with Crippen molar-refractivity contribution in [3.05, 3.63) is 25.0 Å².